The van der Waals surface area contributed by atoms with Gasteiger partial charge in [-0.05, 0) is 42.8 Å². The average Bonchev–Trinajstić information content (AvgIpc) is 2.69. The van der Waals surface area contributed by atoms with Crippen LogP contribution in [0.5, 0.6) is 11.5 Å². The Morgan fingerprint density at radius 2 is 1.54 bits per heavy atom. The molecule has 0 radical (unpaired) electrons. The topological polar surface area (TPSA) is 47.6 Å². The summed E-state index contributed by atoms with van der Waals surface area (Å²) >= 11 is 0. The molecule has 0 spiro atoms. The van der Waals surface area contributed by atoms with Crippen molar-refractivity contribution < 1.29 is 14.3 Å². The summed E-state index contributed by atoms with van der Waals surface area (Å²) in [7, 11) is 0. The van der Waals surface area contributed by atoms with E-state index in [-0.39, 0.29) is 12.5 Å². The van der Waals surface area contributed by atoms with E-state index >= 15 is 0 Å². The summed E-state index contributed by atoms with van der Waals surface area (Å²) in [6.45, 7) is 2.48. The molecule has 132 valence electrons. The molecule has 0 aromatic heterocycles. The third-order valence-electron chi connectivity index (χ3n) is 3.78. The van der Waals surface area contributed by atoms with Gasteiger partial charge < -0.3 is 14.8 Å². The maximum atomic E-state index is 12.2. The molecule has 0 bridgehead atoms. The Kier molecular flexibility index (Phi) is 5.88. The first kappa shape index (κ1) is 17.5. The SMILES string of the molecule is CCOc1ccc(NC(=O)COc2ccccc2-c2ccccc2)cc1. The zero-order chi connectivity index (χ0) is 18.2. The maximum Gasteiger partial charge on any atom is 0.262 e. The number of ether oxygens (including phenoxy) is 2. The molecule has 3 rings (SSSR count). The molecule has 26 heavy (non-hydrogen) atoms. The number of carbonyl (C=O) groups is 1. The van der Waals surface area contributed by atoms with E-state index in [1.807, 2.05) is 73.7 Å². The van der Waals surface area contributed by atoms with Gasteiger partial charge >= 0.3 is 0 Å². The van der Waals surface area contributed by atoms with Gasteiger partial charge in [-0.1, -0.05) is 48.5 Å². The van der Waals surface area contributed by atoms with Gasteiger partial charge in [0.05, 0.1) is 6.61 Å². The molecule has 4 nitrogen and oxygen atoms in total. The van der Waals surface area contributed by atoms with Crippen LogP contribution in [0, 0.1) is 0 Å². The Morgan fingerprint density at radius 1 is 0.846 bits per heavy atom. The Labute approximate surface area is 153 Å². The van der Waals surface area contributed by atoms with Crippen molar-refractivity contribution in [3.05, 3.63) is 78.9 Å². The van der Waals surface area contributed by atoms with Crippen molar-refractivity contribution >= 4 is 11.6 Å². The summed E-state index contributed by atoms with van der Waals surface area (Å²) in [6, 6.07) is 24.9. The summed E-state index contributed by atoms with van der Waals surface area (Å²) in [5.74, 6) is 1.25. The van der Waals surface area contributed by atoms with E-state index in [0.717, 1.165) is 16.9 Å². The first-order valence-corrected chi connectivity index (χ1v) is 8.56. The molecule has 0 aliphatic carbocycles. The number of hydrogen-bond donors (Lipinski definition) is 1. The number of hydrogen-bond acceptors (Lipinski definition) is 3. The lowest BCUT2D eigenvalue weighted by molar-refractivity contribution is -0.118. The summed E-state index contributed by atoms with van der Waals surface area (Å²) in [5.41, 5.74) is 2.72. The zero-order valence-corrected chi connectivity index (χ0v) is 14.6. The highest BCUT2D eigenvalue weighted by molar-refractivity contribution is 5.92. The van der Waals surface area contributed by atoms with Crippen molar-refractivity contribution in [2.75, 3.05) is 18.5 Å². The fourth-order valence-electron chi connectivity index (χ4n) is 2.59. The summed E-state index contributed by atoms with van der Waals surface area (Å²) < 4.78 is 11.1. The largest absolute Gasteiger partial charge is 0.494 e. The first-order valence-electron chi connectivity index (χ1n) is 8.56. The van der Waals surface area contributed by atoms with Crippen molar-refractivity contribution in [3.63, 3.8) is 0 Å². The number of para-hydroxylation sites is 1. The average molecular weight is 347 g/mol. The van der Waals surface area contributed by atoms with E-state index in [1.54, 1.807) is 12.1 Å². The van der Waals surface area contributed by atoms with E-state index in [1.165, 1.54) is 0 Å². The lowest BCUT2D eigenvalue weighted by atomic mass is 10.1. The van der Waals surface area contributed by atoms with E-state index in [0.29, 0.717) is 18.0 Å². The Hall–Kier alpha value is -3.27. The number of amides is 1. The molecule has 0 saturated carbocycles. The van der Waals surface area contributed by atoms with Gasteiger partial charge in [-0.2, -0.15) is 0 Å². The predicted molar refractivity (Wildman–Crippen MR) is 104 cm³/mol. The normalized spacial score (nSPS) is 10.2. The summed E-state index contributed by atoms with van der Waals surface area (Å²) in [5, 5.41) is 2.82. The van der Waals surface area contributed by atoms with E-state index in [2.05, 4.69) is 5.32 Å². The minimum atomic E-state index is -0.211. The lowest BCUT2D eigenvalue weighted by Gasteiger charge is -2.12. The van der Waals surface area contributed by atoms with Crippen LogP contribution >= 0.6 is 0 Å². The highest BCUT2D eigenvalue weighted by atomic mass is 16.5. The summed E-state index contributed by atoms with van der Waals surface area (Å²) in [4.78, 5) is 12.2. The summed E-state index contributed by atoms with van der Waals surface area (Å²) in [6.07, 6.45) is 0. The minimum Gasteiger partial charge on any atom is -0.494 e. The van der Waals surface area contributed by atoms with Crippen molar-refractivity contribution in [3.8, 4) is 22.6 Å². The highest BCUT2D eigenvalue weighted by Gasteiger charge is 2.08. The molecule has 3 aromatic carbocycles. The quantitative estimate of drug-likeness (QED) is 0.670. The van der Waals surface area contributed by atoms with E-state index < -0.39 is 0 Å². The minimum absolute atomic E-state index is 0.0585. The Balaban J connectivity index is 1.61. The van der Waals surface area contributed by atoms with Crippen LogP contribution in [-0.4, -0.2) is 19.1 Å². The predicted octanol–water partition coefficient (Wildman–Crippen LogP) is 4.77. The lowest BCUT2D eigenvalue weighted by Crippen LogP contribution is -2.20. The molecule has 4 heteroatoms. The number of nitrogens with one attached hydrogen (secondary N) is 1. The molecule has 0 heterocycles. The standard InChI is InChI=1S/C22H21NO3/c1-2-25-19-14-12-18(13-15-19)23-22(24)16-26-21-11-7-6-10-20(21)17-8-4-3-5-9-17/h3-15H,2,16H2,1H3,(H,23,24). The molecule has 1 N–H and O–H groups in total. The zero-order valence-electron chi connectivity index (χ0n) is 14.6. The van der Waals surface area contributed by atoms with Gasteiger partial charge in [0.15, 0.2) is 6.61 Å². The maximum absolute atomic E-state index is 12.2. The number of carbonyl (C=O) groups excluding carboxylic acids is 1. The number of benzene rings is 3. The molecule has 0 unspecified atom stereocenters. The van der Waals surface area contributed by atoms with Crippen LogP contribution in [0.15, 0.2) is 78.9 Å². The van der Waals surface area contributed by atoms with Gasteiger partial charge in [0.25, 0.3) is 5.91 Å². The van der Waals surface area contributed by atoms with Crippen LogP contribution in [0.25, 0.3) is 11.1 Å². The Morgan fingerprint density at radius 3 is 2.27 bits per heavy atom. The van der Waals surface area contributed by atoms with Crippen LogP contribution in [0.2, 0.25) is 0 Å². The Bertz CT molecular complexity index is 845. The van der Waals surface area contributed by atoms with E-state index in [4.69, 9.17) is 9.47 Å². The first-order chi connectivity index (χ1) is 12.8. The second kappa shape index (κ2) is 8.72. The molecule has 0 aliphatic rings. The van der Waals surface area contributed by atoms with Crippen LogP contribution in [0.4, 0.5) is 5.69 Å². The van der Waals surface area contributed by atoms with Gasteiger partial charge in [0.1, 0.15) is 11.5 Å². The highest BCUT2D eigenvalue weighted by Crippen LogP contribution is 2.29. The number of anilines is 1. The molecule has 0 atom stereocenters. The fourth-order valence-corrected chi connectivity index (χ4v) is 2.59. The van der Waals surface area contributed by atoms with Gasteiger partial charge in [-0.3, -0.25) is 4.79 Å². The van der Waals surface area contributed by atoms with Crippen molar-refractivity contribution in [1.82, 2.24) is 0 Å². The monoisotopic (exact) mass is 347 g/mol. The van der Waals surface area contributed by atoms with Crippen molar-refractivity contribution in [1.29, 1.82) is 0 Å². The van der Waals surface area contributed by atoms with Gasteiger partial charge in [-0.25, -0.2) is 0 Å². The van der Waals surface area contributed by atoms with Crippen molar-refractivity contribution in [2.45, 2.75) is 6.92 Å². The number of rotatable bonds is 7. The molecular weight excluding hydrogens is 326 g/mol. The molecule has 3 aromatic rings. The van der Waals surface area contributed by atoms with Gasteiger partial charge in [0, 0.05) is 11.3 Å². The third-order valence-corrected chi connectivity index (χ3v) is 3.78. The van der Waals surface area contributed by atoms with Crippen LogP contribution in [0.3, 0.4) is 0 Å². The third kappa shape index (κ3) is 4.63. The van der Waals surface area contributed by atoms with Gasteiger partial charge in [0.2, 0.25) is 0 Å². The molecule has 0 fully saturated rings. The van der Waals surface area contributed by atoms with Crippen LogP contribution in [-0.2, 0) is 4.79 Å². The second-order valence-electron chi connectivity index (χ2n) is 5.66. The van der Waals surface area contributed by atoms with E-state index in [9.17, 15) is 4.79 Å². The molecular formula is C22H21NO3. The van der Waals surface area contributed by atoms with Crippen molar-refractivity contribution in [2.24, 2.45) is 0 Å². The smallest absolute Gasteiger partial charge is 0.262 e. The second-order valence-corrected chi connectivity index (χ2v) is 5.66. The fraction of sp³-hybridized carbons (Fsp3) is 0.136. The molecule has 0 aliphatic heterocycles. The molecule has 0 saturated heterocycles. The van der Waals surface area contributed by atoms with Gasteiger partial charge in [-0.15, -0.1) is 0 Å². The van der Waals surface area contributed by atoms with Crippen LogP contribution in [0.1, 0.15) is 6.92 Å². The molecule has 1 amide bonds. The van der Waals surface area contributed by atoms with Crippen LogP contribution < -0.4 is 14.8 Å².